The third kappa shape index (κ3) is 18.6. The lowest BCUT2D eigenvalue weighted by molar-refractivity contribution is -0.144. The number of aromatic amines is 1. The summed E-state index contributed by atoms with van der Waals surface area (Å²) in [6.45, 7) is 8.03. The van der Waals surface area contributed by atoms with Crippen molar-refractivity contribution in [2.45, 2.75) is 159 Å². The normalized spacial score (nSPS) is 24.6. The number of thioether (sulfide) groups is 1. The number of anilines is 1. The van der Waals surface area contributed by atoms with Gasteiger partial charge in [0, 0.05) is 79.5 Å². The van der Waals surface area contributed by atoms with Crippen LogP contribution in [-0.2, 0) is 80.1 Å². The standard InChI is InChI=1S/C62H84N14O17S/c1-8-30(4)51-57(89)65-24-47(82)68-42-28-94-60-38(37-11-9-10-12-39(37)71-60)21-40(54(86)64-25-48(83)73-51)69-59(91)52(32(6)44(79)27-77)74-56(88)43-20-36(78)26-76(43)62(93)41(70-55(42)87)22-46(81)63-23-34-13-15-35(16-14-34)67-53(85)33(7)66-58(90)50(29(2)3)72-45(80)17-18-75-49(84)19-31(5)61(75)92/h9-16,29-33,36,40-44,50-52,71,77-79H,8,17-28H2,1-7H3,(H,63,81)(H,64,86)(H,65,89)(H,66,90)(H,67,85)(H,68,82)(H,69,91)(H,70,87)(H,72,80)(H,73,83)(H,74,88)/t30-,31?,32-,33-,36+,40-,41-,42-,43-,44-,50-,51-,52-/m0/s1. The van der Waals surface area contributed by atoms with E-state index in [2.05, 4.69) is 63.5 Å². The van der Waals surface area contributed by atoms with Crippen molar-refractivity contribution in [3.05, 3.63) is 59.7 Å². The summed E-state index contributed by atoms with van der Waals surface area (Å²) in [6, 6.07) is 1.23. The van der Waals surface area contributed by atoms with Crippen LogP contribution in [-0.4, -0.2) is 212 Å². The Labute approximate surface area is 545 Å². The van der Waals surface area contributed by atoms with Gasteiger partial charge in [-0.15, -0.1) is 11.8 Å². The van der Waals surface area contributed by atoms with E-state index >= 15 is 4.79 Å². The van der Waals surface area contributed by atoms with Gasteiger partial charge in [-0.25, -0.2) is 0 Å². The van der Waals surface area contributed by atoms with E-state index in [1.165, 1.54) is 26.0 Å². The van der Waals surface area contributed by atoms with Gasteiger partial charge in [-0.1, -0.05) is 78.3 Å². The number of rotatable bonds is 18. The van der Waals surface area contributed by atoms with Crippen molar-refractivity contribution in [2.75, 3.05) is 43.9 Å². The van der Waals surface area contributed by atoms with Crippen molar-refractivity contribution < 1.29 is 82.4 Å². The number of carbonyl (C=O) groups excluding carboxylic acids is 14. The number of H-pyrrole nitrogens is 1. The molecule has 1 aromatic heterocycles. The number of aliphatic hydroxyl groups excluding tert-OH is 3. The lowest BCUT2D eigenvalue weighted by atomic mass is 9.93. The monoisotopic (exact) mass is 1330 g/mol. The first-order valence-corrected chi connectivity index (χ1v) is 32.2. The number of hydrogen-bond donors (Lipinski definition) is 15. The lowest BCUT2D eigenvalue weighted by Crippen LogP contribution is -2.62. The van der Waals surface area contributed by atoms with Crippen LogP contribution in [0.1, 0.15) is 91.7 Å². The first kappa shape index (κ1) is 72.4. The van der Waals surface area contributed by atoms with Crippen LogP contribution in [0, 0.1) is 23.7 Å². The second-order valence-corrected chi connectivity index (χ2v) is 25.5. The third-order valence-electron chi connectivity index (χ3n) is 17.0. The summed E-state index contributed by atoms with van der Waals surface area (Å²) in [5.41, 5.74) is 1.69. The zero-order valence-corrected chi connectivity index (χ0v) is 54.1. The lowest BCUT2D eigenvalue weighted by Gasteiger charge is -2.33. The summed E-state index contributed by atoms with van der Waals surface area (Å²) >= 11 is 0.990. The van der Waals surface area contributed by atoms with Crippen LogP contribution >= 0.6 is 11.8 Å². The quantitative estimate of drug-likeness (QED) is 0.0551. The molecule has 4 aliphatic heterocycles. The van der Waals surface area contributed by atoms with Crippen LogP contribution in [0.4, 0.5) is 5.69 Å². The van der Waals surface area contributed by atoms with Crippen LogP contribution in [0.3, 0.4) is 0 Å². The molecule has 2 saturated heterocycles. The SMILES string of the molecule is CC[C@H](C)[C@@H]1NC(=O)CNC(=O)[C@@H]2Cc3c([nH]c4ccccc34)SC[C@H](NC(=O)CNC1=O)C(=O)N[C@@H](CC(=O)NCc1ccc(NC(=O)[C@H](C)NC(=O)[C@@H](NC(=O)CCN3C(=O)CC(C)C3=O)C(C)C)cc1)C(=O)N1C[C@H](O)C[C@H]1C(=O)N[C@@H]([C@@H](C)[C@@H](O)CO)C(=O)N2. The van der Waals surface area contributed by atoms with Gasteiger partial charge in [0.15, 0.2) is 0 Å². The average Bonchev–Trinajstić information content (AvgIpc) is 1.64. The zero-order valence-electron chi connectivity index (χ0n) is 53.3. The number of amides is 14. The van der Waals surface area contributed by atoms with Gasteiger partial charge in [0.1, 0.15) is 48.3 Å². The number of para-hydroxylation sites is 1. The Hall–Kier alpha value is -9.01. The van der Waals surface area contributed by atoms with E-state index < -0.39 is 194 Å². The topological polar surface area (TPSA) is 454 Å². The molecule has 0 spiro atoms. The molecule has 4 aliphatic rings. The molecule has 94 heavy (non-hydrogen) atoms. The van der Waals surface area contributed by atoms with Gasteiger partial charge in [-0.3, -0.25) is 72.0 Å². The van der Waals surface area contributed by atoms with Crippen molar-refractivity contribution in [2.24, 2.45) is 23.7 Å². The van der Waals surface area contributed by atoms with Crippen molar-refractivity contribution >= 4 is 111 Å². The fraction of sp³-hybridized carbons (Fsp3) is 0.548. The molecule has 1 unspecified atom stereocenters. The van der Waals surface area contributed by atoms with Crippen LogP contribution in [0.25, 0.3) is 10.9 Å². The van der Waals surface area contributed by atoms with E-state index in [9.17, 15) is 77.6 Å². The number of nitrogens with zero attached hydrogens (tertiary/aromatic N) is 2. The van der Waals surface area contributed by atoms with Crippen molar-refractivity contribution in [3.63, 3.8) is 0 Å². The van der Waals surface area contributed by atoms with E-state index in [4.69, 9.17) is 0 Å². The number of fused-ring (bicyclic) bond motifs is 5. The Balaban J connectivity index is 1.13. The van der Waals surface area contributed by atoms with Gasteiger partial charge in [0.05, 0.1) is 43.4 Å². The highest BCUT2D eigenvalue weighted by Crippen LogP contribution is 2.32. The molecule has 510 valence electrons. The Morgan fingerprint density at radius 2 is 1.40 bits per heavy atom. The van der Waals surface area contributed by atoms with Gasteiger partial charge in [0.2, 0.25) is 82.7 Å². The fourth-order valence-electron chi connectivity index (χ4n) is 11.2. The Kier molecular flexibility index (Phi) is 25.2. The smallest absolute Gasteiger partial charge is 0.246 e. The number of aliphatic hydroxyl groups is 3. The number of aromatic nitrogens is 1. The van der Waals surface area contributed by atoms with Gasteiger partial charge < -0.3 is 83.7 Å². The number of nitrogens with one attached hydrogen (secondary N) is 12. The predicted molar refractivity (Wildman–Crippen MR) is 337 cm³/mol. The highest BCUT2D eigenvalue weighted by Gasteiger charge is 2.45. The van der Waals surface area contributed by atoms with E-state index in [0.717, 1.165) is 21.6 Å². The molecular formula is C62H84N14O17S. The van der Waals surface area contributed by atoms with Gasteiger partial charge in [-0.2, -0.15) is 0 Å². The molecule has 2 bridgehead atoms. The van der Waals surface area contributed by atoms with E-state index in [1.54, 1.807) is 71.0 Å². The molecule has 7 rings (SSSR count). The first-order valence-electron chi connectivity index (χ1n) is 31.2. The Bertz CT molecular complexity index is 3380. The van der Waals surface area contributed by atoms with Crippen LogP contribution in [0.5, 0.6) is 0 Å². The maximum atomic E-state index is 15.0. The molecule has 31 nitrogen and oxygen atoms in total. The zero-order chi connectivity index (χ0) is 68.8. The summed E-state index contributed by atoms with van der Waals surface area (Å²) in [5.74, 6) is -14.1. The third-order valence-corrected chi connectivity index (χ3v) is 18.2. The van der Waals surface area contributed by atoms with Crippen molar-refractivity contribution in [1.82, 2.24) is 68.0 Å². The summed E-state index contributed by atoms with van der Waals surface area (Å²) in [7, 11) is 0. The molecule has 3 aromatic rings. The highest BCUT2D eigenvalue weighted by atomic mass is 32.2. The molecule has 5 heterocycles. The molecular weight excluding hydrogens is 1240 g/mol. The van der Waals surface area contributed by atoms with Crippen LogP contribution in [0.15, 0.2) is 53.6 Å². The molecule has 0 radical (unpaired) electrons. The van der Waals surface area contributed by atoms with Crippen LogP contribution < -0.4 is 58.5 Å². The number of carbonyl (C=O) groups is 14. The molecule has 2 aromatic carbocycles. The molecule has 0 saturated carbocycles. The molecule has 32 heteroatoms. The van der Waals surface area contributed by atoms with E-state index in [-0.39, 0.29) is 55.6 Å². The van der Waals surface area contributed by atoms with Gasteiger partial charge in [0.25, 0.3) is 0 Å². The summed E-state index contributed by atoms with van der Waals surface area (Å²) < 4.78 is 0. The second kappa shape index (κ2) is 32.7. The first-order chi connectivity index (χ1) is 44.6. The summed E-state index contributed by atoms with van der Waals surface area (Å²) in [6.07, 6.45) is -4.39. The maximum Gasteiger partial charge on any atom is 0.246 e. The minimum absolute atomic E-state index is 0.0536. The Morgan fingerprint density at radius 3 is 2.06 bits per heavy atom. The summed E-state index contributed by atoms with van der Waals surface area (Å²) in [5, 5.41) is 61.6. The second-order valence-electron chi connectivity index (χ2n) is 24.5. The number of imide groups is 1. The highest BCUT2D eigenvalue weighted by molar-refractivity contribution is 7.99. The predicted octanol–water partition coefficient (Wildman–Crippen LogP) is -3.44. The maximum absolute atomic E-state index is 15.0. The van der Waals surface area contributed by atoms with Crippen molar-refractivity contribution in [1.29, 1.82) is 0 Å². The Morgan fingerprint density at radius 1 is 0.723 bits per heavy atom. The molecule has 0 aliphatic carbocycles. The molecule has 13 atom stereocenters. The average molecular weight is 1330 g/mol. The number of likely N-dealkylation sites (tertiary alicyclic amines) is 1. The number of benzene rings is 2. The molecule has 14 amide bonds. The van der Waals surface area contributed by atoms with Gasteiger partial charge >= 0.3 is 0 Å². The van der Waals surface area contributed by atoms with Crippen molar-refractivity contribution in [3.8, 4) is 0 Å². The van der Waals surface area contributed by atoms with E-state index in [0.29, 0.717) is 33.5 Å². The minimum Gasteiger partial charge on any atom is -0.394 e. The van der Waals surface area contributed by atoms with E-state index in [1.807, 2.05) is 0 Å². The molecule has 15 N–H and O–H groups in total. The summed E-state index contributed by atoms with van der Waals surface area (Å²) in [4.78, 5) is 198. The fourth-order valence-corrected chi connectivity index (χ4v) is 12.3. The largest absolute Gasteiger partial charge is 0.394 e. The van der Waals surface area contributed by atoms with Crippen LogP contribution in [0.2, 0.25) is 0 Å². The minimum atomic E-state index is -1.84. The number of hydrogen-bond acceptors (Lipinski definition) is 18. The molecule has 2 fully saturated rings. The van der Waals surface area contributed by atoms with Gasteiger partial charge in [-0.05, 0) is 48.1 Å².